The molecule has 0 aliphatic carbocycles. The van der Waals surface area contributed by atoms with E-state index >= 15 is 0 Å². The maximum atomic E-state index is 11.2. The fourth-order valence-corrected chi connectivity index (χ4v) is 6.23. The van der Waals surface area contributed by atoms with Gasteiger partial charge in [-0.15, -0.1) is 0 Å². The van der Waals surface area contributed by atoms with Crippen LogP contribution in [-0.2, 0) is 11.3 Å². The van der Waals surface area contributed by atoms with Gasteiger partial charge in [0.2, 0.25) is 0 Å². The number of aliphatic hydroxyl groups is 1. The first-order valence-corrected chi connectivity index (χ1v) is 21.9. The molecule has 0 saturated carbocycles. The number of carboxylic acids is 1. The number of carbonyl (C=O) groups is 2. The van der Waals surface area contributed by atoms with Crippen LogP contribution in [0.3, 0.4) is 0 Å². The number of ether oxygens (including phenoxy) is 1. The van der Waals surface area contributed by atoms with Gasteiger partial charge < -0.3 is 43.1 Å². The van der Waals surface area contributed by atoms with Crippen LogP contribution in [0.15, 0.2) is 121 Å². The molecule has 0 spiro atoms. The number of methoxy groups -OCH3 is 1. The summed E-state index contributed by atoms with van der Waals surface area (Å²) in [5.74, 6) is -1.17. The van der Waals surface area contributed by atoms with Gasteiger partial charge in [0, 0.05) is 80.8 Å². The predicted molar refractivity (Wildman–Crippen MR) is 293 cm³/mol. The minimum atomic E-state index is -0.879. The average Bonchev–Trinajstić information content (AvgIpc) is 3.31. The molecule has 5 aromatic rings. The van der Waals surface area contributed by atoms with E-state index in [0.29, 0.717) is 11.1 Å². The minimum absolute atomic E-state index is 0. The van der Waals surface area contributed by atoms with Gasteiger partial charge in [0.15, 0.2) is 34.7 Å². The molecule has 0 aliphatic rings. The number of aromatic carboxylic acids is 1. The maximum absolute atomic E-state index is 11.2. The molecule has 0 unspecified atom stereocenters. The van der Waals surface area contributed by atoms with Crippen molar-refractivity contribution in [1.82, 2.24) is 0 Å². The zero-order valence-electron chi connectivity index (χ0n) is 43.4. The number of benzene rings is 5. The van der Waals surface area contributed by atoms with Crippen LogP contribution in [0.25, 0.3) is 0 Å². The van der Waals surface area contributed by atoms with Gasteiger partial charge in [-0.2, -0.15) is 0 Å². The quantitative estimate of drug-likeness (QED) is 0.0818. The minimum Gasteiger partial charge on any atom is -1.00 e. The van der Waals surface area contributed by atoms with Gasteiger partial charge in [-0.3, -0.25) is 0 Å². The molecule has 0 aromatic heterocycles. The van der Waals surface area contributed by atoms with E-state index in [0.717, 1.165) is 75.0 Å². The van der Waals surface area contributed by atoms with Gasteiger partial charge in [-0.25, -0.2) is 9.59 Å². The molecule has 0 aliphatic heterocycles. The maximum Gasteiger partial charge on any atom is 1.00 e. The Hall–Kier alpha value is -3.74. The first kappa shape index (κ1) is 72.2. The van der Waals surface area contributed by atoms with E-state index in [-0.39, 0.29) is 95.3 Å². The van der Waals surface area contributed by atoms with Crippen LogP contribution in [0, 0.1) is 13.8 Å². The molecule has 4 N–H and O–H groups in total. The normalized spacial score (nSPS) is 9.07. The smallest absolute Gasteiger partial charge is 1.00 e. The Balaban J connectivity index is -0.000000137. The van der Waals surface area contributed by atoms with E-state index in [1.807, 2.05) is 67.6 Å². The third-order valence-electron chi connectivity index (χ3n) is 10.1. The molecule has 0 radical (unpaired) electrons. The van der Waals surface area contributed by atoms with Crippen molar-refractivity contribution in [2.45, 2.75) is 83.3 Å². The average molecular weight is 942 g/mol. The summed E-state index contributed by atoms with van der Waals surface area (Å²) in [5.41, 5.74) is 15.5. The standard InChI is InChI=1S/C12H17NO2.C11H15NO2.C11H17NO.C11H17N.C7H9N.CH4.2Al.2Li.8H/c1-4-13(5-2)11-8-6-10(7-9-11)12(14)15-3;1-3-12(4-2)10-7-5-9(6-8-10)11(13)14;1-3-12(4-2)11-7-5-10(9-13)6-8-11;1-4-12(5-2)11-8-6-10(3)7-9-11;1-6-2-4-7(8)5-3-6;;;;;;;;;;;;;/h6-9H,4-5H2,1-3H3;5-8H,3-4H2,1-2H3,(H,13,14);5-8,13H,3-4,9H2,1-2H3;6-9H,4-5H2,1-3H3;2-5H,8H2,1H3;1H4;;;;;;;;;;;;/q;;;;;;;;2*+1;;;;;;;2*-1. The number of carbonyl (C=O) groups excluding carboxylic acids is 1. The van der Waals surface area contributed by atoms with E-state index in [1.54, 1.807) is 24.3 Å². The van der Waals surface area contributed by atoms with Crippen LogP contribution in [0.1, 0.15) is 103 Å². The molecule has 14 heteroatoms. The fraction of sp³-hybridized carbons (Fsp3) is 0.396. The van der Waals surface area contributed by atoms with Crippen molar-refractivity contribution in [2.75, 3.05) is 84.8 Å². The first-order valence-electron chi connectivity index (χ1n) is 21.9. The van der Waals surface area contributed by atoms with Crippen LogP contribution in [-0.4, -0.2) is 116 Å². The van der Waals surface area contributed by atoms with E-state index < -0.39 is 5.97 Å². The van der Waals surface area contributed by atoms with Crippen molar-refractivity contribution >= 4 is 75.1 Å². The Bertz CT molecular complexity index is 1920. The van der Waals surface area contributed by atoms with Crippen molar-refractivity contribution in [2.24, 2.45) is 0 Å². The summed E-state index contributed by atoms with van der Waals surface area (Å²) >= 11 is 0. The summed E-state index contributed by atoms with van der Waals surface area (Å²) in [5, 5.41) is 17.6. The van der Waals surface area contributed by atoms with E-state index in [1.165, 1.54) is 29.6 Å². The van der Waals surface area contributed by atoms with Crippen LogP contribution in [0.2, 0.25) is 0 Å². The molecule has 362 valence electrons. The molecule has 0 amide bonds. The summed E-state index contributed by atoms with van der Waals surface area (Å²) in [6.45, 7) is 29.3. The van der Waals surface area contributed by atoms with Crippen molar-refractivity contribution in [3.8, 4) is 0 Å². The topological polar surface area (TPSA) is 123 Å². The van der Waals surface area contributed by atoms with Crippen molar-refractivity contribution in [1.29, 1.82) is 0 Å². The van der Waals surface area contributed by atoms with Crippen LogP contribution in [0.5, 0.6) is 0 Å². The molecule has 0 bridgehead atoms. The molecule has 0 fully saturated rings. The van der Waals surface area contributed by atoms with E-state index in [4.69, 9.17) is 15.9 Å². The largest absolute Gasteiger partial charge is 1.00 e. The van der Waals surface area contributed by atoms with Crippen molar-refractivity contribution < 1.29 is 65.1 Å². The molecule has 0 atom stereocenters. The second-order valence-corrected chi connectivity index (χ2v) is 14.2. The fourth-order valence-electron chi connectivity index (χ4n) is 6.23. The predicted octanol–water partition coefficient (Wildman–Crippen LogP) is 3.50. The number of nitrogen functional groups attached to an aromatic ring is 1. The number of anilines is 5. The Kier molecular flexibility index (Phi) is 45.7. The Morgan fingerprint density at radius 3 is 0.985 bits per heavy atom. The molecule has 67 heavy (non-hydrogen) atoms. The van der Waals surface area contributed by atoms with Gasteiger partial charge in [-0.1, -0.05) is 55.0 Å². The monoisotopic (exact) mass is 942 g/mol. The SMILES string of the molecule is C.CCN(CC)c1ccc(C(=O)O)cc1.CCN(CC)c1ccc(C(=O)OC)cc1.CCN(CC)c1ccc(C)cc1.CCN(CC)c1ccc(CO)cc1.Cc1ccc(N)cc1.[AlH3].[AlH3].[H-].[H-].[Li+].[Li+]. The molecule has 10 nitrogen and oxygen atoms in total. The van der Waals surface area contributed by atoms with Gasteiger partial charge >= 0.3 is 49.7 Å². The van der Waals surface area contributed by atoms with E-state index in [9.17, 15) is 9.59 Å². The van der Waals surface area contributed by atoms with Gasteiger partial charge in [0.25, 0.3) is 0 Å². The van der Waals surface area contributed by atoms with Crippen molar-refractivity contribution in [3.05, 3.63) is 149 Å². The Morgan fingerprint density at radius 2 is 0.746 bits per heavy atom. The second-order valence-electron chi connectivity index (χ2n) is 14.2. The molecular weight excluding hydrogens is 854 g/mol. The number of rotatable bonds is 15. The number of esters is 1. The summed E-state index contributed by atoms with van der Waals surface area (Å²) in [4.78, 5) is 30.8. The molecule has 5 rings (SSSR count). The third kappa shape index (κ3) is 27.8. The molecule has 5 aromatic carbocycles. The van der Waals surface area contributed by atoms with Gasteiger partial charge in [-0.05, 0) is 160 Å². The van der Waals surface area contributed by atoms with Gasteiger partial charge in [0.05, 0.1) is 24.8 Å². The number of nitrogens with two attached hydrogens (primary N) is 1. The van der Waals surface area contributed by atoms with Crippen LogP contribution < -0.4 is 63.1 Å². The number of nitrogens with zero attached hydrogens (tertiary/aromatic N) is 4. The van der Waals surface area contributed by atoms with Gasteiger partial charge in [0.1, 0.15) is 0 Å². The Labute approximate surface area is 454 Å². The first-order chi connectivity index (χ1) is 29.8. The zero-order valence-corrected chi connectivity index (χ0v) is 41.4. The summed E-state index contributed by atoms with van der Waals surface area (Å²) < 4.78 is 4.64. The third-order valence-corrected chi connectivity index (χ3v) is 10.1. The summed E-state index contributed by atoms with van der Waals surface area (Å²) in [6, 6.07) is 38.9. The van der Waals surface area contributed by atoms with Crippen molar-refractivity contribution in [3.63, 3.8) is 0 Å². The summed E-state index contributed by atoms with van der Waals surface area (Å²) in [7, 11) is 1.39. The zero-order chi connectivity index (χ0) is 46.5. The Morgan fingerprint density at radius 1 is 0.493 bits per heavy atom. The molecule has 0 heterocycles. The summed E-state index contributed by atoms with van der Waals surface area (Å²) in [6.07, 6.45) is 0. The second kappa shape index (κ2) is 42.4. The number of aryl methyl sites for hydroxylation is 2. The van der Waals surface area contributed by atoms with Crippen LogP contribution >= 0.6 is 0 Å². The molecule has 0 saturated heterocycles. The number of hydrogen-bond donors (Lipinski definition) is 3. The van der Waals surface area contributed by atoms with E-state index in [2.05, 4.69) is 123 Å². The number of carboxylic acid groups (broad SMARTS) is 1. The number of hydrogen-bond acceptors (Lipinski definition) is 9. The van der Waals surface area contributed by atoms with Crippen LogP contribution in [0.4, 0.5) is 28.4 Å². The number of aliphatic hydroxyl groups excluding tert-OH is 1. The molecular formula is C53H87Al2Li2N5O5.